The van der Waals surface area contributed by atoms with Crippen molar-refractivity contribution in [1.82, 2.24) is 4.90 Å². The lowest BCUT2D eigenvalue weighted by Gasteiger charge is -2.16. The van der Waals surface area contributed by atoms with Crippen LogP contribution >= 0.6 is 11.8 Å². The molecular weight excluding hydrogens is 450 g/mol. The predicted octanol–water partition coefficient (Wildman–Crippen LogP) is 4.36. The number of amides is 2. The van der Waals surface area contributed by atoms with Gasteiger partial charge in [-0.25, -0.2) is 4.99 Å². The zero-order valence-electron chi connectivity index (χ0n) is 18.5. The smallest absolute Gasteiger partial charge is 0.267 e. The number of carbonyl (C=O) groups is 2. The summed E-state index contributed by atoms with van der Waals surface area (Å²) in [6, 6.07) is 24.2. The van der Waals surface area contributed by atoms with Gasteiger partial charge in [-0.05, 0) is 65.4 Å². The van der Waals surface area contributed by atoms with E-state index in [1.165, 1.54) is 11.8 Å². The summed E-state index contributed by atoms with van der Waals surface area (Å²) in [4.78, 5) is 31.2. The van der Waals surface area contributed by atoms with Crippen molar-refractivity contribution in [2.45, 2.75) is 6.54 Å². The van der Waals surface area contributed by atoms with E-state index >= 15 is 0 Å². The van der Waals surface area contributed by atoms with Crippen LogP contribution in [0, 0.1) is 0 Å². The zero-order chi connectivity index (χ0) is 23.9. The van der Waals surface area contributed by atoms with Gasteiger partial charge in [-0.3, -0.25) is 14.5 Å². The molecule has 3 aromatic rings. The van der Waals surface area contributed by atoms with Crippen LogP contribution in [0.5, 0.6) is 11.5 Å². The molecule has 2 N–H and O–H groups in total. The second-order valence-electron chi connectivity index (χ2n) is 7.40. The number of thioether (sulfide) groups is 1. The Hall–Kier alpha value is -4.04. The van der Waals surface area contributed by atoms with Crippen molar-refractivity contribution in [2.75, 3.05) is 13.7 Å². The fraction of sp³-hybridized carbons (Fsp3) is 0.115. The van der Waals surface area contributed by atoms with E-state index in [4.69, 9.17) is 20.2 Å². The van der Waals surface area contributed by atoms with Crippen LogP contribution in [-0.4, -0.2) is 35.6 Å². The Morgan fingerprint density at radius 1 is 1.00 bits per heavy atom. The number of rotatable bonds is 8. The third-order valence-electron chi connectivity index (χ3n) is 4.93. The van der Waals surface area contributed by atoms with Gasteiger partial charge in [0.1, 0.15) is 11.5 Å². The maximum Gasteiger partial charge on any atom is 0.267 e. The van der Waals surface area contributed by atoms with E-state index in [0.29, 0.717) is 22.4 Å². The summed E-state index contributed by atoms with van der Waals surface area (Å²) in [6.07, 6.45) is 1.82. The van der Waals surface area contributed by atoms with Crippen molar-refractivity contribution in [3.63, 3.8) is 0 Å². The molecule has 172 valence electrons. The van der Waals surface area contributed by atoms with E-state index in [1.54, 1.807) is 24.1 Å². The molecule has 1 aliphatic heterocycles. The van der Waals surface area contributed by atoms with E-state index in [9.17, 15) is 9.59 Å². The van der Waals surface area contributed by atoms with Crippen LogP contribution in [0.25, 0.3) is 6.08 Å². The van der Waals surface area contributed by atoms with Crippen molar-refractivity contribution in [2.24, 2.45) is 10.7 Å². The SMILES string of the molecule is COc1ccc(CN2C(=O)/C(=C/c3ccc(OCC(N)=O)cc3)SC2=Nc2ccccc2)cc1. The van der Waals surface area contributed by atoms with Gasteiger partial charge < -0.3 is 15.2 Å². The second kappa shape index (κ2) is 10.7. The Morgan fingerprint density at radius 2 is 1.68 bits per heavy atom. The number of ether oxygens (including phenoxy) is 2. The number of nitrogens with two attached hydrogens (primary N) is 1. The largest absolute Gasteiger partial charge is 0.497 e. The van der Waals surface area contributed by atoms with Gasteiger partial charge in [-0.2, -0.15) is 0 Å². The van der Waals surface area contributed by atoms with Crippen LogP contribution in [0.1, 0.15) is 11.1 Å². The molecule has 3 aromatic carbocycles. The third-order valence-corrected chi connectivity index (χ3v) is 5.93. The minimum Gasteiger partial charge on any atom is -0.497 e. The van der Waals surface area contributed by atoms with Gasteiger partial charge in [0.05, 0.1) is 24.2 Å². The van der Waals surface area contributed by atoms with Gasteiger partial charge in [-0.1, -0.05) is 42.5 Å². The van der Waals surface area contributed by atoms with Crippen molar-refractivity contribution in [3.05, 3.63) is 94.9 Å². The molecule has 1 fully saturated rings. The van der Waals surface area contributed by atoms with Gasteiger partial charge in [0, 0.05) is 0 Å². The molecule has 7 nitrogen and oxygen atoms in total. The zero-order valence-corrected chi connectivity index (χ0v) is 19.3. The van der Waals surface area contributed by atoms with Crippen LogP contribution in [0.3, 0.4) is 0 Å². The first-order chi connectivity index (χ1) is 16.5. The molecule has 0 bridgehead atoms. The molecule has 8 heteroatoms. The fourth-order valence-electron chi connectivity index (χ4n) is 3.22. The number of aliphatic imine (C=N–C) groups is 1. The Labute approximate surface area is 201 Å². The molecule has 0 atom stereocenters. The highest BCUT2D eigenvalue weighted by molar-refractivity contribution is 8.18. The highest BCUT2D eigenvalue weighted by Gasteiger charge is 2.33. The van der Waals surface area contributed by atoms with E-state index in [0.717, 1.165) is 22.6 Å². The summed E-state index contributed by atoms with van der Waals surface area (Å²) < 4.78 is 10.5. The number of carbonyl (C=O) groups excluding carboxylic acids is 2. The van der Waals surface area contributed by atoms with Crippen LogP contribution in [0.15, 0.2) is 88.8 Å². The molecule has 0 aromatic heterocycles. The number of nitrogens with zero attached hydrogens (tertiary/aromatic N) is 2. The molecule has 0 spiro atoms. The average Bonchev–Trinajstić information content (AvgIpc) is 3.13. The molecule has 0 aliphatic carbocycles. The van der Waals surface area contributed by atoms with Gasteiger partial charge in [0.25, 0.3) is 11.8 Å². The van der Waals surface area contributed by atoms with Gasteiger partial charge in [-0.15, -0.1) is 0 Å². The van der Waals surface area contributed by atoms with Gasteiger partial charge in [0.2, 0.25) is 0 Å². The normalized spacial score (nSPS) is 15.7. The van der Waals surface area contributed by atoms with Gasteiger partial charge in [0.15, 0.2) is 11.8 Å². The maximum atomic E-state index is 13.3. The molecule has 1 saturated heterocycles. The van der Waals surface area contributed by atoms with Gasteiger partial charge >= 0.3 is 0 Å². The van der Waals surface area contributed by atoms with Crippen molar-refractivity contribution >= 4 is 40.5 Å². The Morgan fingerprint density at radius 3 is 2.32 bits per heavy atom. The standard InChI is InChI=1S/C26H23N3O4S/c1-32-21-11-9-19(10-12-21)16-29-25(31)23(34-26(29)28-20-5-3-2-4-6-20)15-18-7-13-22(14-8-18)33-17-24(27)30/h2-15H,16-17H2,1H3,(H2,27,30)/b23-15-,28-26?. The number of methoxy groups -OCH3 is 1. The topological polar surface area (TPSA) is 94.2 Å². The number of hydrogen-bond donors (Lipinski definition) is 1. The summed E-state index contributed by atoms with van der Waals surface area (Å²) in [5.41, 5.74) is 7.67. The number of hydrogen-bond acceptors (Lipinski definition) is 6. The van der Waals surface area contributed by atoms with E-state index in [2.05, 4.69) is 0 Å². The summed E-state index contributed by atoms with van der Waals surface area (Å²) in [6.45, 7) is 0.202. The molecular formula is C26H23N3O4S. The molecule has 34 heavy (non-hydrogen) atoms. The lowest BCUT2D eigenvalue weighted by atomic mass is 10.2. The monoisotopic (exact) mass is 473 g/mol. The maximum absolute atomic E-state index is 13.3. The minimum atomic E-state index is -0.540. The second-order valence-corrected chi connectivity index (χ2v) is 8.41. The first-order valence-corrected chi connectivity index (χ1v) is 11.3. The van der Waals surface area contributed by atoms with E-state index in [1.807, 2.05) is 72.8 Å². The third kappa shape index (κ3) is 5.85. The average molecular weight is 474 g/mol. The van der Waals surface area contributed by atoms with Crippen molar-refractivity contribution < 1.29 is 19.1 Å². The van der Waals surface area contributed by atoms with E-state index < -0.39 is 5.91 Å². The molecule has 0 unspecified atom stereocenters. The van der Waals surface area contributed by atoms with Crippen LogP contribution in [-0.2, 0) is 16.1 Å². The van der Waals surface area contributed by atoms with Crippen LogP contribution in [0.4, 0.5) is 5.69 Å². The van der Waals surface area contributed by atoms with Crippen LogP contribution < -0.4 is 15.2 Å². The highest BCUT2D eigenvalue weighted by atomic mass is 32.2. The summed E-state index contributed by atoms with van der Waals surface area (Å²) in [5, 5.41) is 0.611. The molecule has 2 amide bonds. The molecule has 1 heterocycles. The Bertz CT molecular complexity index is 1220. The fourth-order valence-corrected chi connectivity index (χ4v) is 4.22. The van der Waals surface area contributed by atoms with E-state index in [-0.39, 0.29) is 12.5 Å². The summed E-state index contributed by atoms with van der Waals surface area (Å²) in [7, 11) is 1.62. The number of para-hydroxylation sites is 1. The molecule has 0 radical (unpaired) electrons. The first kappa shape index (κ1) is 23.1. The first-order valence-electron chi connectivity index (χ1n) is 10.5. The van der Waals surface area contributed by atoms with Crippen LogP contribution in [0.2, 0.25) is 0 Å². The lowest BCUT2D eigenvalue weighted by Crippen LogP contribution is -2.28. The number of amidine groups is 1. The number of benzene rings is 3. The summed E-state index contributed by atoms with van der Waals surface area (Å²) in [5.74, 6) is 0.623. The lowest BCUT2D eigenvalue weighted by molar-refractivity contribution is -0.122. The number of primary amides is 1. The molecule has 0 saturated carbocycles. The highest BCUT2D eigenvalue weighted by Crippen LogP contribution is 2.35. The minimum absolute atomic E-state index is 0.121. The Balaban J connectivity index is 1.59. The van der Waals surface area contributed by atoms with Crippen molar-refractivity contribution in [1.29, 1.82) is 0 Å². The molecule has 4 rings (SSSR count). The molecule has 1 aliphatic rings. The Kier molecular flexibility index (Phi) is 7.29. The quantitative estimate of drug-likeness (QED) is 0.491. The summed E-state index contributed by atoms with van der Waals surface area (Å²) >= 11 is 1.33. The van der Waals surface area contributed by atoms with Crippen molar-refractivity contribution in [3.8, 4) is 11.5 Å². The predicted molar refractivity (Wildman–Crippen MR) is 134 cm³/mol.